The maximum Gasteiger partial charge on any atom is 0.269 e. The number of nitrogens with zero attached hydrogens (tertiary/aromatic N) is 1. The Morgan fingerprint density at radius 2 is 2.04 bits per heavy atom. The third-order valence-corrected chi connectivity index (χ3v) is 4.44. The van der Waals surface area contributed by atoms with E-state index in [0.29, 0.717) is 23.7 Å². The van der Waals surface area contributed by atoms with Crippen molar-refractivity contribution in [3.05, 3.63) is 86.1 Å². The number of ether oxygens (including phenoxy) is 1. The van der Waals surface area contributed by atoms with Gasteiger partial charge in [0.15, 0.2) is 0 Å². The smallest absolute Gasteiger partial charge is 0.269 e. The lowest BCUT2D eigenvalue weighted by Crippen LogP contribution is -2.24. The molecule has 0 unspecified atom stereocenters. The monoisotopic (exact) mass is 409 g/mol. The molecular formula is C18H14BrF2NO3. The normalized spacial score (nSPS) is 10.9. The van der Waals surface area contributed by atoms with Gasteiger partial charge in [-0.2, -0.15) is 0 Å². The molecule has 3 rings (SSSR count). The number of aromatic nitrogens is 1. The van der Waals surface area contributed by atoms with Gasteiger partial charge in [-0.25, -0.2) is 8.78 Å². The Hall–Kier alpha value is -2.41. The second kappa shape index (κ2) is 7.23. The SMILES string of the molecule is Cc1cc(OCc2ccc(F)cc2F)c(Br)c(=O)n1Cc1ccco1. The van der Waals surface area contributed by atoms with Crippen LogP contribution in [0.25, 0.3) is 0 Å². The first kappa shape index (κ1) is 17.4. The van der Waals surface area contributed by atoms with Gasteiger partial charge in [0.2, 0.25) is 0 Å². The summed E-state index contributed by atoms with van der Waals surface area (Å²) in [6, 6.07) is 8.46. The standard InChI is InChI=1S/C18H14BrF2NO3/c1-11-7-16(25-10-12-4-5-13(20)8-15(12)21)17(19)18(23)22(11)9-14-3-2-6-24-14/h2-8H,9-10H2,1H3. The second-order valence-corrected chi connectivity index (χ2v) is 6.25. The highest BCUT2D eigenvalue weighted by Crippen LogP contribution is 2.24. The van der Waals surface area contributed by atoms with Crippen LogP contribution in [-0.4, -0.2) is 4.57 Å². The second-order valence-electron chi connectivity index (χ2n) is 5.46. The summed E-state index contributed by atoms with van der Waals surface area (Å²) >= 11 is 3.23. The minimum atomic E-state index is -0.695. The summed E-state index contributed by atoms with van der Waals surface area (Å²) in [7, 11) is 0. The van der Waals surface area contributed by atoms with Gasteiger partial charge in [-0.15, -0.1) is 0 Å². The lowest BCUT2D eigenvalue weighted by molar-refractivity contribution is 0.295. The summed E-state index contributed by atoms with van der Waals surface area (Å²) in [4.78, 5) is 12.5. The van der Waals surface area contributed by atoms with Crippen molar-refractivity contribution in [2.24, 2.45) is 0 Å². The first-order valence-electron chi connectivity index (χ1n) is 7.44. The van der Waals surface area contributed by atoms with E-state index >= 15 is 0 Å². The molecule has 130 valence electrons. The molecule has 0 saturated carbocycles. The van der Waals surface area contributed by atoms with Gasteiger partial charge in [0.05, 0.1) is 12.8 Å². The molecule has 2 aromatic heterocycles. The van der Waals surface area contributed by atoms with E-state index in [1.807, 2.05) is 0 Å². The van der Waals surface area contributed by atoms with E-state index in [9.17, 15) is 13.6 Å². The summed E-state index contributed by atoms with van der Waals surface area (Å²) in [5.41, 5.74) is 0.580. The van der Waals surface area contributed by atoms with Crippen LogP contribution < -0.4 is 10.3 Å². The van der Waals surface area contributed by atoms with Gasteiger partial charge in [-0.05, 0) is 47.1 Å². The predicted octanol–water partition coefficient (Wildman–Crippen LogP) is 4.42. The summed E-state index contributed by atoms with van der Waals surface area (Å²) in [6.45, 7) is 1.94. The molecule has 25 heavy (non-hydrogen) atoms. The number of hydrogen-bond donors (Lipinski definition) is 0. The zero-order chi connectivity index (χ0) is 18.0. The van der Waals surface area contributed by atoms with E-state index in [1.165, 1.54) is 10.6 Å². The summed E-state index contributed by atoms with van der Waals surface area (Å²) < 4.78 is 39.2. The van der Waals surface area contributed by atoms with Crippen LogP contribution in [0.2, 0.25) is 0 Å². The van der Waals surface area contributed by atoms with E-state index in [-0.39, 0.29) is 22.2 Å². The zero-order valence-electron chi connectivity index (χ0n) is 13.3. The number of rotatable bonds is 5. The molecule has 0 atom stereocenters. The van der Waals surface area contributed by atoms with Crippen LogP contribution in [0.1, 0.15) is 17.0 Å². The molecule has 0 aliphatic heterocycles. The number of aryl methyl sites for hydroxylation is 1. The predicted molar refractivity (Wildman–Crippen MR) is 91.6 cm³/mol. The van der Waals surface area contributed by atoms with Crippen LogP contribution >= 0.6 is 15.9 Å². The molecule has 0 N–H and O–H groups in total. The van der Waals surface area contributed by atoms with E-state index in [0.717, 1.165) is 12.1 Å². The number of hydrogen-bond acceptors (Lipinski definition) is 3. The summed E-state index contributed by atoms with van der Waals surface area (Å²) in [6.07, 6.45) is 1.54. The van der Waals surface area contributed by atoms with Crippen molar-refractivity contribution in [1.82, 2.24) is 4.57 Å². The third-order valence-electron chi connectivity index (χ3n) is 3.71. The van der Waals surface area contributed by atoms with Gasteiger partial charge < -0.3 is 13.7 Å². The largest absolute Gasteiger partial charge is 0.487 e. The Labute approximate surface area is 150 Å². The van der Waals surface area contributed by atoms with Gasteiger partial charge in [0.1, 0.15) is 34.2 Å². The molecule has 4 nitrogen and oxygen atoms in total. The number of pyridine rings is 1. The maximum absolute atomic E-state index is 13.7. The number of furan rings is 1. The molecule has 7 heteroatoms. The highest BCUT2D eigenvalue weighted by atomic mass is 79.9. The summed E-state index contributed by atoms with van der Waals surface area (Å²) in [5.74, 6) is -0.404. The van der Waals surface area contributed by atoms with Crippen LogP contribution in [0.3, 0.4) is 0 Å². The molecule has 0 amide bonds. The molecule has 0 fully saturated rings. The van der Waals surface area contributed by atoms with Crippen molar-refractivity contribution >= 4 is 15.9 Å². The van der Waals surface area contributed by atoms with E-state index in [1.54, 1.807) is 31.4 Å². The van der Waals surface area contributed by atoms with Gasteiger partial charge in [-0.3, -0.25) is 4.79 Å². The Morgan fingerprint density at radius 3 is 2.72 bits per heavy atom. The maximum atomic E-state index is 13.7. The fraction of sp³-hybridized carbons (Fsp3) is 0.167. The molecule has 0 saturated heterocycles. The van der Waals surface area contributed by atoms with Crippen LogP contribution in [-0.2, 0) is 13.2 Å². The van der Waals surface area contributed by atoms with Gasteiger partial charge in [-0.1, -0.05) is 0 Å². The number of halogens is 3. The van der Waals surface area contributed by atoms with Gasteiger partial charge in [0.25, 0.3) is 5.56 Å². The highest BCUT2D eigenvalue weighted by molar-refractivity contribution is 9.10. The Morgan fingerprint density at radius 1 is 1.24 bits per heavy atom. The first-order chi connectivity index (χ1) is 12.0. The molecular weight excluding hydrogens is 396 g/mol. The van der Waals surface area contributed by atoms with Crippen LogP contribution in [0.15, 0.2) is 56.3 Å². The minimum Gasteiger partial charge on any atom is -0.487 e. The van der Waals surface area contributed by atoms with E-state index in [2.05, 4.69) is 15.9 Å². The number of benzene rings is 1. The third kappa shape index (κ3) is 3.82. The molecule has 0 aliphatic rings. The molecule has 1 aromatic carbocycles. The molecule has 0 radical (unpaired) electrons. The molecule has 0 spiro atoms. The minimum absolute atomic E-state index is 0.119. The van der Waals surface area contributed by atoms with Crippen molar-refractivity contribution in [1.29, 1.82) is 0 Å². The molecule has 3 aromatic rings. The Bertz CT molecular complexity index is 952. The van der Waals surface area contributed by atoms with E-state index < -0.39 is 11.6 Å². The van der Waals surface area contributed by atoms with Gasteiger partial charge in [0, 0.05) is 23.4 Å². The lowest BCUT2D eigenvalue weighted by Gasteiger charge is -2.14. The average molecular weight is 410 g/mol. The van der Waals surface area contributed by atoms with Gasteiger partial charge >= 0.3 is 0 Å². The first-order valence-corrected chi connectivity index (χ1v) is 8.24. The van der Waals surface area contributed by atoms with Crippen LogP contribution in [0.4, 0.5) is 8.78 Å². The lowest BCUT2D eigenvalue weighted by atomic mass is 10.2. The zero-order valence-corrected chi connectivity index (χ0v) is 14.8. The highest BCUT2D eigenvalue weighted by Gasteiger charge is 2.14. The van der Waals surface area contributed by atoms with Crippen molar-refractivity contribution in [3.63, 3.8) is 0 Å². The topological polar surface area (TPSA) is 44.4 Å². The quantitative estimate of drug-likeness (QED) is 0.626. The Kier molecular flexibility index (Phi) is 5.03. The molecule has 0 aliphatic carbocycles. The van der Waals surface area contributed by atoms with Crippen molar-refractivity contribution < 1.29 is 17.9 Å². The fourth-order valence-corrected chi connectivity index (χ4v) is 2.81. The van der Waals surface area contributed by atoms with Crippen LogP contribution in [0.5, 0.6) is 5.75 Å². The van der Waals surface area contributed by atoms with Crippen molar-refractivity contribution in [2.75, 3.05) is 0 Å². The fourth-order valence-electron chi connectivity index (χ4n) is 2.37. The molecule has 0 bridgehead atoms. The van der Waals surface area contributed by atoms with E-state index in [4.69, 9.17) is 9.15 Å². The molecule has 2 heterocycles. The Balaban J connectivity index is 1.84. The summed E-state index contributed by atoms with van der Waals surface area (Å²) in [5, 5.41) is 0. The average Bonchev–Trinajstić information content (AvgIpc) is 3.08. The van der Waals surface area contributed by atoms with Crippen LogP contribution in [0, 0.1) is 18.6 Å². The van der Waals surface area contributed by atoms with Crippen molar-refractivity contribution in [2.45, 2.75) is 20.1 Å². The van der Waals surface area contributed by atoms with Crippen molar-refractivity contribution in [3.8, 4) is 5.75 Å².